The first-order valence-corrected chi connectivity index (χ1v) is 7.48. The van der Waals surface area contributed by atoms with Gasteiger partial charge in [0.15, 0.2) is 9.84 Å². The van der Waals surface area contributed by atoms with Crippen molar-refractivity contribution in [2.75, 3.05) is 18.1 Å². The van der Waals surface area contributed by atoms with Crippen LogP contribution in [0.5, 0.6) is 0 Å². The smallest absolute Gasteiger partial charge is 0.152 e. The van der Waals surface area contributed by atoms with E-state index in [1.807, 2.05) is 0 Å². The Kier molecular flexibility index (Phi) is 3.29. The molecule has 0 aromatic carbocycles. The highest BCUT2D eigenvalue weighted by atomic mass is 32.2. The first kappa shape index (κ1) is 10.9. The van der Waals surface area contributed by atoms with Crippen molar-refractivity contribution < 1.29 is 8.42 Å². The summed E-state index contributed by atoms with van der Waals surface area (Å²) >= 11 is 0. The summed E-state index contributed by atoms with van der Waals surface area (Å²) in [6.07, 6.45) is 5.06. The number of sulfone groups is 1. The van der Waals surface area contributed by atoms with Gasteiger partial charge in [0.2, 0.25) is 0 Å². The van der Waals surface area contributed by atoms with E-state index in [1.54, 1.807) is 0 Å². The zero-order valence-corrected chi connectivity index (χ0v) is 9.72. The molecule has 1 fully saturated rings. The van der Waals surface area contributed by atoms with E-state index in [0.717, 1.165) is 38.1 Å². The molecule has 4 nitrogen and oxygen atoms in total. The van der Waals surface area contributed by atoms with Crippen LogP contribution in [-0.4, -0.2) is 38.3 Å². The van der Waals surface area contributed by atoms with Gasteiger partial charge in [0.25, 0.3) is 0 Å². The topological polar surface area (TPSA) is 58.5 Å². The van der Waals surface area contributed by atoms with Gasteiger partial charge in [-0.25, -0.2) is 8.42 Å². The molecule has 0 aromatic heterocycles. The molecule has 0 bridgehead atoms. The summed E-state index contributed by atoms with van der Waals surface area (Å²) < 4.78 is 22.8. The average molecular weight is 230 g/mol. The van der Waals surface area contributed by atoms with E-state index in [4.69, 9.17) is 0 Å². The molecule has 2 aliphatic heterocycles. The molecule has 0 saturated carbocycles. The van der Waals surface area contributed by atoms with E-state index in [2.05, 4.69) is 10.3 Å². The predicted molar refractivity (Wildman–Crippen MR) is 61.0 cm³/mol. The standard InChI is InChI=1S/C10H18N2O2S/c13-15(14)7-3-4-9(8-15)12-10-5-1-2-6-11-10/h9H,1-8H2,(H,11,12). The van der Waals surface area contributed by atoms with Crippen LogP contribution in [0, 0.1) is 0 Å². The Morgan fingerprint density at radius 1 is 1.27 bits per heavy atom. The van der Waals surface area contributed by atoms with Crippen LogP contribution in [0.25, 0.3) is 0 Å². The molecule has 1 saturated heterocycles. The van der Waals surface area contributed by atoms with Gasteiger partial charge in [-0.15, -0.1) is 0 Å². The maximum Gasteiger partial charge on any atom is 0.152 e. The lowest BCUT2D eigenvalue weighted by atomic mass is 10.1. The number of amidine groups is 1. The van der Waals surface area contributed by atoms with Crippen molar-refractivity contribution in [3.63, 3.8) is 0 Å². The SMILES string of the molecule is O=S1(=O)CCCC(NC2=NCCCC2)C1. The lowest BCUT2D eigenvalue weighted by molar-refractivity contribution is 0.525. The van der Waals surface area contributed by atoms with Gasteiger partial charge in [0.1, 0.15) is 0 Å². The molecule has 1 atom stereocenters. The van der Waals surface area contributed by atoms with E-state index >= 15 is 0 Å². The van der Waals surface area contributed by atoms with Crippen LogP contribution in [0.4, 0.5) is 0 Å². The minimum Gasteiger partial charge on any atom is -0.370 e. The van der Waals surface area contributed by atoms with Crippen molar-refractivity contribution in [1.29, 1.82) is 0 Å². The van der Waals surface area contributed by atoms with Gasteiger partial charge in [-0.2, -0.15) is 0 Å². The molecule has 1 unspecified atom stereocenters. The van der Waals surface area contributed by atoms with E-state index < -0.39 is 9.84 Å². The minimum absolute atomic E-state index is 0.0978. The second-order valence-corrected chi connectivity index (χ2v) is 6.61. The molecule has 0 spiro atoms. The summed E-state index contributed by atoms with van der Waals surface area (Å²) in [5.41, 5.74) is 0. The Bertz CT molecular complexity index is 348. The zero-order valence-electron chi connectivity index (χ0n) is 8.91. The molecule has 0 aliphatic carbocycles. The second kappa shape index (κ2) is 4.51. The quantitative estimate of drug-likeness (QED) is 0.722. The van der Waals surface area contributed by atoms with Gasteiger partial charge in [-0.1, -0.05) is 0 Å². The van der Waals surface area contributed by atoms with Crippen LogP contribution < -0.4 is 5.32 Å². The van der Waals surface area contributed by atoms with Gasteiger partial charge < -0.3 is 5.32 Å². The Morgan fingerprint density at radius 3 is 2.80 bits per heavy atom. The minimum atomic E-state index is -2.80. The van der Waals surface area contributed by atoms with E-state index in [0.29, 0.717) is 5.75 Å². The van der Waals surface area contributed by atoms with E-state index in [9.17, 15) is 8.42 Å². The van der Waals surface area contributed by atoms with Crippen molar-refractivity contribution in [2.24, 2.45) is 4.99 Å². The molecule has 15 heavy (non-hydrogen) atoms. The number of hydrogen-bond donors (Lipinski definition) is 1. The highest BCUT2D eigenvalue weighted by Crippen LogP contribution is 2.13. The van der Waals surface area contributed by atoms with Crippen molar-refractivity contribution in [3.8, 4) is 0 Å². The van der Waals surface area contributed by atoms with E-state index in [-0.39, 0.29) is 11.8 Å². The first-order chi connectivity index (χ1) is 7.16. The third-order valence-electron chi connectivity index (χ3n) is 2.96. The summed E-state index contributed by atoms with van der Waals surface area (Å²) in [6.45, 7) is 0.891. The molecular weight excluding hydrogens is 212 g/mol. The Hall–Kier alpha value is -0.580. The van der Waals surface area contributed by atoms with Gasteiger partial charge in [-0.3, -0.25) is 4.99 Å². The summed E-state index contributed by atoms with van der Waals surface area (Å²) in [7, 11) is -2.80. The third-order valence-corrected chi connectivity index (χ3v) is 4.78. The number of rotatable bonds is 1. The molecule has 0 aromatic rings. The highest BCUT2D eigenvalue weighted by molar-refractivity contribution is 7.91. The second-order valence-electron chi connectivity index (χ2n) is 4.38. The fourth-order valence-corrected chi connectivity index (χ4v) is 3.82. The van der Waals surface area contributed by atoms with E-state index in [1.165, 1.54) is 6.42 Å². The first-order valence-electron chi connectivity index (χ1n) is 5.66. The predicted octanol–water partition coefficient (Wildman–Crippen LogP) is 0.736. The Balaban J connectivity index is 1.91. The molecule has 2 rings (SSSR count). The summed E-state index contributed by atoms with van der Waals surface area (Å²) in [4.78, 5) is 4.38. The van der Waals surface area contributed by atoms with Crippen molar-refractivity contribution in [1.82, 2.24) is 5.32 Å². The highest BCUT2D eigenvalue weighted by Gasteiger charge is 2.25. The number of nitrogens with one attached hydrogen (secondary N) is 1. The molecule has 86 valence electrons. The van der Waals surface area contributed by atoms with Gasteiger partial charge in [0, 0.05) is 19.0 Å². The zero-order chi connectivity index (χ0) is 10.7. The largest absolute Gasteiger partial charge is 0.370 e. The van der Waals surface area contributed by atoms with Crippen molar-refractivity contribution in [3.05, 3.63) is 0 Å². The molecule has 0 radical (unpaired) electrons. The van der Waals surface area contributed by atoms with Crippen molar-refractivity contribution in [2.45, 2.75) is 38.1 Å². The third kappa shape index (κ3) is 3.19. The van der Waals surface area contributed by atoms with Crippen LogP contribution in [0.2, 0.25) is 0 Å². The van der Waals surface area contributed by atoms with Crippen LogP contribution in [0.3, 0.4) is 0 Å². The summed E-state index contributed by atoms with van der Waals surface area (Å²) in [6, 6.07) is 0.0978. The number of aliphatic imine (C=N–C) groups is 1. The Morgan fingerprint density at radius 2 is 2.13 bits per heavy atom. The Labute approximate surface area is 91.1 Å². The molecule has 2 aliphatic rings. The van der Waals surface area contributed by atoms with Crippen molar-refractivity contribution >= 4 is 15.7 Å². The molecular formula is C10H18N2O2S. The molecule has 2 heterocycles. The summed E-state index contributed by atoms with van der Waals surface area (Å²) in [5.74, 6) is 1.66. The maximum atomic E-state index is 11.4. The van der Waals surface area contributed by atoms with Crippen LogP contribution >= 0.6 is 0 Å². The number of nitrogens with zero attached hydrogens (tertiary/aromatic N) is 1. The fourth-order valence-electron chi connectivity index (χ4n) is 2.19. The van der Waals surface area contributed by atoms with Gasteiger partial charge in [0.05, 0.1) is 17.3 Å². The fraction of sp³-hybridized carbons (Fsp3) is 0.900. The van der Waals surface area contributed by atoms with Crippen LogP contribution in [0.15, 0.2) is 4.99 Å². The van der Waals surface area contributed by atoms with Gasteiger partial charge >= 0.3 is 0 Å². The van der Waals surface area contributed by atoms with Gasteiger partial charge in [-0.05, 0) is 25.7 Å². The normalized spacial score (nSPS) is 30.7. The van der Waals surface area contributed by atoms with Crippen LogP contribution in [0.1, 0.15) is 32.1 Å². The molecule has 1 N–H and O–H groups in total. The maximum absolute atomic E-state index is 11.4. The summed E-state index contributed by atoms with van der Waals surface area (Å²) in [5, 5.41) is 3.28. The lowest BCUT2D eigenvalue weighted by Crippen LogP contribution is -2.43. The molecule has 5 heteroatoms. The molecule has 0 amide bonds. The average Bonchev–Trinajstić information content (AvgIpc) is 2.17. The lowest BCUT2D eigenvalue weighted by Gasteiger charge is -2.25. The number of hydrogen-bond acceptors (Lipinski definition) is 4. The monoisotopic (exact) mass is 230 g/mol. The van der Waals surface area contributed by atoms with Crippen LogP contribution in [-0.2, 0) is 9.84 Å².